The van der Waals surface area contributed by atoms with E-state index < -0.39 is 0 Å². The van der Waals surface area contributed by atoms with Crippen LogP contribution in [-0.4, -0.2) is 7.11 Å². The van der Waals surface area contributed by atoms with Gasteiger partial charge < -0.3 is 15.2 Å². The highest BCUT2D eigenvalue weighted by molar-refractivity contribution is 9.10. The summed E-state index contributed by atoms with van der Waals surface area (Å²) in [6.07, 6.45) is -0.0507. The number of benzene rings is 2. The number of halogens is 1. The highest BCUT2D eigenvalue weighted by atomic mass is 79.9. The molecule has 1 atom stereocenters. The van der Waals surface area contributed by atoms with Crippen LogP contribution in [0.15, 0.2) is 46.9 Å². The minimum absolute atomic E-state index is 0.0507. The summed E-state index contributed by atoms with van der Waals surface area (Å²) >= 11 is 3.48. The largest absolute Gasteiger partial charge is 0.497 e. The SMILES string of the molecule is COc1ccc(OC(C)c2ccc(N)cc2)c(Br)c1. The molecule has 4 heteroatoms. The van der Waals surface area contributed by atoms with E-state index in [1.54, 1.807) is 7.11 Å². The fraction of sp³-hybridized carbons (Fsp3) is 0.200. The molecular formula is C15H16BrNO2. The highest BCUT2D eigenvalue weighted by Crippen LogP contribution is 2.32. The molecule has 100 valence electrons. The lowest BCUT2D eigenvalue weighted by Crippen LogP contribution is -2.03. The number of anilines is 1. The van der Waals surface area contributed by atoms with Crippen LogP contribution in [0.5, 0.6) is 11.5 Å². The summed E-state index contributed by atoms with van der Waals surface area (Å²) < 4.78 is 12.0. The molecule has 0 aliphatic heterocycles. The van der Waals surface area contributed by atoms with Gasteiger partial charge in [-0.2, -0.15) is 0 Å². The third kappa shape index (κ3) is 3.41. The van der Waals surface area contributed by atoms with Crippen molar-refractivity contribution < 1.29 is 9.47 Å². The van der Waals surface area contributed by atoms with Gasteiger partial charge in [-0.1, -0.05) is 12.1 Å². The van der Waals surface area contributed by atoms with Crippen molar-refractivity contribution in [1.29, 1.82) is 0 Å². The Morgan fingerprint density at radius 3 is 2.37 bits per heavy atom. The Hall–Kier alpha value is -1.68. The second-order valence-corrected chi connectivity index (χ2v) is 5.08. The van der Waals surface area contributed by atoms with Gasteiger partial charge in [0, 0.05) is 5.69 Å². The van der Waals surface area contributed by atoms with Crippen molar-refractivity contribution in [3.05, 3.63) is 52.5 Å². The number of hydrogen-bond donors (Lipinski definition) is 1. The lowest BCUT2D eigenvalue weighted by Gasteiger charge is -2.16. The number of nitrogen functional groups attached to an aromatic ring is 1. The van der Waals surface area contributed by atoms with E-state index in [1.165, 1.54) is 0 Å². The fourth-order valence-electron chi connectivity index (χ4n) is 1.73. The third-order valence-corrected chi connectivity index (χ3v) is 3.47. The molecule has 0 bridgehead atoms. The number of hydrogen-bond acceptors (Lipinski definition) is 3. The number of methoxy groups -OCH3 is 1. The predicted molar refractivity (Wildman–Crippen MR) is 80.6 cm³/mol. The first-order chi connectivity index (χ1) is 9.10. The quantitative estimate of drug-likeness (QED) is 0.859. The van der Waals surface area contributed by atoms with E-state index in [0.29, 0.717) is 0 Å². The van der Waals surface area contributed by atoms with Gasteiger partial charge in [-0.05, 0) is 58.7 Å². The van der Waals surface area contributed by atoms with Crippen molar-refractivity contribution >= 4 is 21.6 Å². The lowest BCUT2D eigenvalue weighted by atomic mass is 10.1. The second-order valence-electron chi connectivity index (χ2n) is 4.22. The molecule has 0 aromatic heterocycles. The maximum Gasteiger partial charge on any atom is 0.134 e. The van der Waals surface area contributed by atoms with Gasteiger partial charge >= 0.3 is 0 Å². The molecule has 0 heterocycles. The molecule has 2 N–H and O–H groups in total. The van der Waals surface area contributed by atoms with E-state index in [2.05, 4.69) is 15.9 Å². The Bertz CT molecular complexity index is 555. The standard InChI is InChI=1S/C15H16BrNO2/c1-10(11-3-5-12(17)6-4-11)19-15-8-7-13(18-2)9-14(15)16/h3-10H,17H2,1-2H3. The molecule has 0 amide bonds. The summed E-state index contributed by atoms with van der Waals surface area (Å²) in [4.78, 5) is 0. The predicted octanol–water partition coefficient (Wildman–Crippen LogP) is 4.18. The van der Waals surface area contributed by atoms with Gasteiger partial charge in [0.05, 0.1) is 11.6 Å². The molecule has 2 aromatic rings. The van der Waals surface area contributed by atoms with E-state index >= 15 is 0 Å². The summed E-state index contributed by atoms with van der Waals surface area (Å²) in [5, 5.41) is 0. The monoisotopic (exact) mass is 321 g/mol. The van der Waals surface area contributed by atoms with E-state index in [-0.39, 0.29) is 6.10 Å². The van der Waals surface area contributed by atoms with Crippen LogP contribution < -0.4 is 15.2 Å². The highest BCUT2D eigenvalue weighted by Gasteiger charge is 2.10. The summed E-state index contributed by atoms with van der Waals surface area (Å²) in [7, 11) is 1.64. The van der Waals surface area contributed by atoms with E-state index in [9.17, 15) is 0 Å². The third-order valence-electron chi connectivity index (χ3n) is 2.85. The van der Waals surface area contributed by atoms with Gasteiger partial charge in [0.15, 0.2) is 0 Å². The first-order valence-corrected chi connectivity index (χ1v) is 6.75. The molecule has 0 aliphatic carbocycles. The van der Waals surface area contributed by atoms with Gasteiger partial charge in [-0.15, -0.1) is 0 Å². The van der Waals surface area contributed by atoms with E-state index in [1.807, 2.05) is 49.4 Å². The molecule has 0 saturated carbocycles. The van der Waals surface area contributed by atoms with Gasteiger partial charge in [-0.25, -0.2) is 0 Å². The van der Waals surface area contributed by atoms with Gasteiger partial charge in [0.2, 0.25) is 0 Å². The molecule has 2 aromatic carbocycles. The molecular weight excluding hydrogens is 306 g/mol. The average molecular weight is 322 g/mol. The van der Waals surface area contributed by atoms with Crippen molar-refractivity contribution in [2.45, 2.75) is 13.0 Å². The molecule has 0 radical (unpaired) electrons. The van der Waals surface area contributed by atoms with Gasteiger partial charge in [0.1, 0.15) is 17.6 Å². The van der Waals surface area contributed by atoms with Crippen LogP contribution in [-0.2, 0) is 0 Å². The average Bonchev–Trinajstić information content (AvgIpc) is 2.41. The van der Waals surface area contributed by atoms with Crippen LogP contribution in [0.2, 0.25) is 0 Å². The van der Waals surface area contributed by atoms with Gasteiger partial charge in [0.25, 0.3) is 0 Å². The molecule has 19 heavy (non-hydrogen) atoms. The van der Waals surface area contributed by atoms with Gasteiger partial charge in [-0.3, -0.25) is 0 Å². The minimum Gasteiger partial charge on any atom is -0.497 e. The van der Waals surface area contributed by atoms with Crippen LogP contribution in [0.1, 0.15) is 18.6 Å². The zero-order valence-electron chi connectivity index (χ0n) is 10.9. The Morgan fingerprint density at radius 1 is 1.11 bits per heavy atom. The van der Waals surface area contributed by atoms with Crippen molar-refractivity contribution in [1.82, 2.24) is 0 Å². The first kappa shape index (κ1) is 13.7. The maximum atomic E-state index is 5.93. The Balaban J connectivity index is 2.14. The smallest absolute Gasteiger partial charge is 0.134 e. The van der Waals surface area contributed by atoms with Crippen molar-refractivity contribution in [3.8, 4) is 11.5 Å². The van der Waals surface area contributed by atoms with E-state index in [4.69, 9.17) is 15.2 Å². The fourth-order valence-corrected chi connectivity index (χ4v) is 2.18. The topological polar surface area (TPSA) is 44.5 Å². The lowest BCUT2D eigenvalue weighted by molar-refractivity contribution is 0.225. The zero-order valence-corrected chi connectivity index (χ0v) is 12.5. The molecule has 1 unspecified atom stereocenters. The van der Waals surface area contributed by atoms with Crippen LogP contribution in [0.25, 0.3) is 0 Å². The number of nitrogens with two attached hydrogens (primary N) is 1. The Labute approximate surface area is 121 Å². The molecule has 0 saturated heterocycles. The summed E-state index contributed by atoms with van der Waals surface area (Å²) in [5.74, 6) is 1.57. The van der Waals surface area contributed by atoms with Crippen LogP contribution in [0.3, 0.4) is 0 Å². The summed E-state index contributed by atoms with van der Waals surface area (Å²) in [6.45, 7) is 2.00. The van der Waals surface area contributed by atoms with E-state index in [0.717, 1.165) is 27.2 Å². The summed E-state index contributed by atoms with van der Waals surface area (Å²) in [6, 6.07) is 13.3. The first-order valence-electron chi connectivity index (χ1n) is 5.96. The van der Waals surface area contributed by atoms with Crippen molar-refractivity contribution in [3.63, 3.8) is 0 Å². The maximum absolute atomic E-state index is 5.93. The normalized spacial score (nSPS) is 11.9. The minimum atomic E-state index is -0.0507. The molecule has 3 nitrogen and oxygen atoms in total. The number of rotatable bonds is 4. The molecule has 0 fully saturated rings. The Morgan fingerprint density at radius 2 is 1.79 bits per heavy atom. The zero-order chi connectivity index (χ0) is 13.8. The molecule has 2 rings (SSSR count). The number of ether oxygens (including phenoxy) is 2. The van der Waals surface area contributed by atoms with Crippen molar-refractivity contribution in [2.75, 3.05) is 12.8 Å². The summed E-state index contributed by atoms with van der Waals surface area (Å²) in [5.41, 5.74) is 7.51. The van der Waals surface area contributed by atoms with Crippen LogP contribution >= 0.6 is 15.9 Å². The molecule has 0 spiro atoms. The van der Waals surface area contributed by atoms with Crippen LogP contribution in [0, 0.1) is 0 Å². The second kappa shape index (κ2) is 5.97. The Kier molecular flexibility index (Phi) is 4.32. The van der Waals surface area contributed by atoms with Crippen molar-refractivity contribution in [2.24, 2.45) is 0 Å². The van der Waals surface area contributed by atoms with Crippen LogP contribution in [0.4, 0.5) is 5.69 Å². The molecule has 0 aliphatic rings.